The van der Waals surface area contributed by atoms with Gasteiger partial charge in [-0.3, -0.25) is 4.79 Å². The van der Waals surface area contributed by atoms with Crippen LogP contribution in [0.5, 0.6) is 0 Å². The molecule has 0 amide bonds. The van der Waals surface area contributed by atoms with Crippen LogP contribution in [-0.2, 0) is 11.3 Å². The molecule has 6 heteroatoms. The highest BCUT2D eigenvalue weighted by atomic mass is 32.1. The summed E-state index contributed by atoms with van der Waals surface area (Å²) in [6.07, 6.45) is 0.833. The smallest absolute Gasteiger partial charge is 0.259 e. The van der Waals surface area contributed by atoms with Crippen molar-refractivity contribution in [1.29, 1.82) is 0 Å². The molecule has 2 heterocycles. The first-order valence-electron chi connectivity index (χ1n) is 6.69. The normalized spacial score (nSPS) is 14.7. The van der Waals surface area contributed by atoms with Crippen molar-refractivity contribution in [3.8, 4) is 0 Å². The van der Waals surface area contributed by atoms with Crippen molar-refractivity contribution < 1.29 is 4.74 Å². The molecule has 20 heavy (non-hydrogen) atoms. The van der Waals surface area contributed by atoms with Gasteiger partial charge in [0.25, 0.3) is 5.56 Å². The summed E-state index contributed by atoms with van der Waals surface area (Å²) in [6, 6.07) is 0. The van der Waals surface area contributed by atoms with E-state index < -0.39 is 0 Å². The fourth-order valence-corrected chi connectivity index (χ4v) is 2.90. The zero-order valence-electron chi connectivity index (χ0n) is 12.4. The maximum Gasteiger partial charge on any atom is 0.259 e. The number of nitrogens with zero attached hydrogens (tertiary/aromatic N) is 1. The van der Waals surface area contributed by atoms with Gasteiger partial charge < -0.3 is 15.5 Å². The second kappa shape index (κ2) is 5.63. The second-order valence-electron chi connectivity index (χ2n) is 5.48. The maximum absolute atomic E-state index is 12.1. The Bertz CT molecular complexity index is 673. The minimum absolute atomic E-state index is 0.0959. The van der Waals surface area contributed by atoms with E-state index in [9.17, 15) is 4.79 Å². The van der Waals surface area contributed by atoms with Gasteiger partial charge in [0, 0.05) is 10.4 Å². The number of rotatable bonds is 5. The summed E-state index contributed by atoms with van der Waals surface area (Å²) in [5.74, 6) is 0.552. The van der Waals surface area contributed by atoms with Crippen LogP contribution in [0.4, 0.5) is 0 Å². The molecule has 1 unspecified atom stereocenters. The number of nitrogens with two attached hydrogens (primary N) is 1. The van der Waals surface area contributed by atoms with Gasteiger partial charge in [-0.25, -0.2) is 4.98 Å². The lowest BCUT2D eigenvalue weighted by atomic mass is 10.0. The van der Waals surface area contributed by atoms with E-state index in [4.69, 9.17) is 10.5 Å². The van der Waals surface area contributed by atoms with Crippen LogP contribution in [0.1, 0.15) is 36.5 Å². The Labute approximate surface area is 122 Å². The Morgan fingerprint density at radius 1 is 1.45 bits per heavy atom. The molecule has 5 nitrogen and oxygen atoms in total. The van der Waals surface area contributed by atoms with Crippen LogP contribution >= 0.6 is 11.3 Å². The third-order valence-electron chi connectivity index (χ3n) is 3.57. The fourth-order valence-electron chi connectivity index (χ4n) is 1.85. The van der Waals surface area contributed by atoms with E-state index in [1.165, 1.54) is 11.3 Å². The van der Waals surface area contributed by atoms with Crippen molar-refractivity contribution in [2.75, 3.05) is 6.61 Å². The van der Waals surface area contributed by atoms with Crippen molar-refractivity contribution in [3.05, 3.63) is 26.6 Å². The van der Waals surface area contributed by atoms with Gasteiger partial charge in [0.15, 0.2) is 0 Å². The van der Waals surface area contributed by atoms with Crippen LogP contribution in [0, 0.1) is 13.8 Å². The molecule has 1 atom stereocenters. The van der Waals surface area contributed by atoms with Gasteiger partial charge in [0.05, 0.1) is 12.0 Å². The molecule has 0 aliphatic heterocycles. The van der Waals surface area contributed by atoms with E-state index >= 15 is 0 Å². The Morgan fingerprint density at radius 3 is 2.80 bits per heavy atom. The van der Waals surface area contributed by atoms with Crippen LogP contribution < -0.4 is 11.3 Å². The van der Waals surface area contributed by atoms with E-state index in [2.05, 4.69) is 9.97 Å². The summed E-state index contributed by atoms with van der Waals surface area (Å²) < 4.78 is 5.56. The second-order valence-corrected chi connectivity index (χ2v) is 6.68. The highest BCUT2D eigenvalue weighted by Crippen LogP contribution is 2.25. The molecule has 0 aromatic carbocycles. The predicted molar refractivity (Wildman–Crippen MR) is 82.3 cm³/mol. The molecule has 0 bridgehead atoms. The van der Waals surface area contributed by atoms with Crippen LogP contribution in [0.25, 0.3) is 10.2 Å². The number of H-pyrrole nitrogens is 1. The molecule has 2 rings (SSSR count). The van der Waals surface area contributed by atoms with Gasteiger partial charge in [-0.1, -0.05) is 6.92 Å². The molecular weight excluding hydrogens is 274 g/mol. The molecule has 2 aromatic heterocycles. The molecule has 0 saturated carbocycles. The molecule has 0 radical (unpaired) electrons. The highest BCUT2D eigenvalue weighted by molar-refractivity contribution is 7.18. The number of thiophene rings is 1. The zero-order chi connectivity index (χ0) is 14.9. The Hall–Kier alpha value is -1.24. The van der Waals surface area contributed by atoms with Crippen molar-refractivity contribution in [1.82, 2.24) is 9.97 Å². The van der Waals surface area contributed by atoms with E-state index in [1.807, 2.05) is 27.7 Å². The molecule has 0 aliphatic carbocycles. The SMILES string of the molecule is CCC(C)(N)COCc1nc2sc(C)c(C)c2c(=O)[nH]1. The lowest BCUT2D eigenvalue weighted by Gasteiger charge is -2.21. The molecule has 2 aromatic rings. The summed E-state index contributed by atoms with van der Waals surface area (Å²) in [4.78, 5) is 21.2. The average molecular weight is 295 g/mol. The van der Waals surface area contributed by atoms with Gasteiger partial charge in [0.2, 0.25) is 0 Å². The summed E-state index contributed by atoms with van der Waals surface area (Å²) in [7, 11) is 0. The van der Waals surface area contributed by atoms with E-state index in [0.717, 1.165) is 21.7 Å². The fraction of sp³-hybridized carbons (Fsp3) is 0.571. The van der Waals surface area contributed by atoms with Crippen molar-refractivity contribution in [3.63, 3.8) is 0 Å². The van der Waals surface area contributed by atoms with Crippen molar-refractivity contribution in [2.24, 2.45) is 5.73 Å². The molecular formula is C14H21N3O2S. The number of aryl methyl sites for hydroxylation is 2. The van der Waals surface area contributed by atoms with E-state index in [-0.39, 0.29) is 17.7 Å². The van der Waals surface area contributed by atoms with Crippen LogP contribution in [0.3, 0.4) is 0 Å². The Kier molecular flexibility index (Phi) is 4.27. The first kappa shape index (κ1) is 15.2. The summed E-state index contributed by atoms with van der Waals surface area (Å²) >= 11 is 1.54. The number of fused-ring (bicyclic) bond motifs is 1. The van der Waals surface area contributed by atoms with Crippen LogP contribution in [-0.4, -0.2) is 22.1 Å². The molecule has 0 spiro atoms. The third-order valence-corrected chi connectivity index (χ3v) is 4.67. The Morgan fingerprint density at radius 2 is 2.15 bits per heavy atom. The number of aromatic nitrogens is 2. The van der Waals surface area contributed by atoms with Gasteiger partial charge >= 0.3 is 0 Å². The van der Waals surface area contributed by atoms with Gasteiger partial charge in [-0.15, -0.1) is 11.3 Å². The third kappa shape index (κ3) is 3.08. The molecule has 3 N–H and O–H groups in total. The van der Waals surface area contributed by atoms with Gasteiger partial charge in [-0.05, 0) is 32.8 Å². The number of hydrogen-bond donors (Lipinski definition) is 2. The van der Waals surface area contributed by atoms with Crippen molar-refractivity contribution in [2.45, 2.75) is 46.3 Å². The van der Waals surface area contributed by atoms with Crippen LogP contribution in [0.15, 0.2) is 4.79 Å². The van der Waals surface area contributed by atoms with E-state index in [0.29, 0.717) is 17.8 Å². The standard InChI is InChI=1S/C14H21N3O2S/c1-5-14(4,15)7-19-6-10-16-12(18)11-8(2)9(3)20-13(11)17-10/h5-7,15H2,1-4H3,(H,16,17,18). The van der Waals surface area contributed by atoms with E-state index in [1.54, 1.807) is 0 Å². The highest BCUT2D eigenvalue weighted by Gasteiger charge is 2.16. The zero-order valence-corrected chi connectivity index (χ0v) is 13.2. The first-order valence-corrected chi connectivity index (χ1v) is 7.51. The molecule has 0 fully saturated rings. The Balaban J connectivity index is 2.18. The summed E-state index contributed by atoms with van der Waals surface area (Å²) in [5.41, 5.74) is 6.57. The quantitative estimate of drug-likeness (QED) is 0.886. The largest absolute Gasteiger partial charge is 0.372 e. The monoisotopic (exact) mass is 295 g/mol. The molecule has 0 saturated heterocycles. The number of hydrogen-bond acceptors (Lipinski definition) is 5. The van der Waals surface area contributed by atoms with Gasteiger partial charge in [-0.2, -0.15) is 0 Å². The number of ether oxygens (including phenoxy) is 1. The lowest BCUT2D eigenvalue weighted by Crippen LogP contribution is -2.40. The molecule has 0 aliphatic rings. The molecule has 110 valence electrons. The van der Waals surface area contributed by atoms with Crippen molar-refractivity contribution >= 4 is 21.6 Å². The van der Waals surface area contributed by atoms with Crippen LogP contribution in [0.2, 0.25) is 0 Å². The first-order chi connectivity index (χ1) is 9.34. The minimum Gasteiger partial charge on any atom is -0.372 e. The topological polar surface area (TPSA) is 81.0 Å². The van der Waals surface area contributed by atoms with Gasteiger partial charge in [0.1, 0.15) is 17.3 Å². The minimum atomic E-state index is -0.347. The number of nitrogens with one attached hydrogen (secondary N) is 1. The lowest BCUT2D eigenvalue weighted by molar-refractivity contribution is 0.0737. The maximum atomic E-state index is 12.1. The summed E-state index contributed by atoms with van der Waals surface area (Å²) in [5, 5.41) is 0.688. The predicted octanol–water partition coefficient (Wildman–Crippen LogP) is 2.25. The summed E-state index contributed by atoms with van der Waals surface area (Å²) in [6.45, 7) is 8.62. The average Bonchev–Trinajstić information content (AvgIpc) is 2.65. The number of aromatic amines is 1.